The van der Waals surface area contributed by atoms with Crippen molar-refractivity contribution in [3.8, 4) is 0 Å². The zero-order chi connectivity index (χ0) is 15.6. The van der Waals surface area contributed by atoms with E-state index in [4.69, 9.17) is 9.72 Å². The highest BCUT2D eigenvalue weighted by Gasteiger charge is 2.34. The molecule has 1 aromatic rings. The van der Waals surface area contributed by atoms with Gasteiger partial charge in [0.05, 0.1) is 5.69 Å². The highest BCUT2D eigenvalue weighted by atomic mass is 32.1. The minimum Gasteiger partial charge on any atom is -0.371 e. The van der Waals surface area contributed by atoms with Crippen LogP contribution in [-0.2, 0) is 11.3 Å². The fourth-order valence-corrected chi connectivity index (χ4v) is 3.85. The van der Waals surface area contributed by atoms with Crippen LogP contribution < -0.4 is 5.32 Å². The van der Waals surface area contributed by atoms with E-state index in [1.165, 1.54) is 23.4 Å². The van der Waals surface area contributed by atoms with E-state index in [-0.39, 0.29) is 11.5 Å². The predicted molar refractivity (Wildman–Crippen MR) is 89.9 cm³/mol. The van der Waals surface area contributed by atoms with Crippen molar-refractivity contribution in [2.45, 2.75) is 79.0 Å². The van der Waals surface area contributed by atoms with Gasteiger partial charge in [-0.3, -0.25) is 0 Å². The third-order valence-corrected chi connectivity index (χ3v) is 4.84. The molecule has 0 radical (unpaired) electrons. The molecule has 0 amide bonds. The van der Waals surface area contributed by atoms with Gasteiger partial charge in [-0.05, 0) is 25.2 Å². The second-order valence-corrected chi connectivity index (χ2v) is 8.49. The fourth-order valence-electron chi connectivity index (χ4n) is 2.45. The van der Waals surface area contributed by atoms with Crippen LogP contribution in [0.25, 0.3) is 0 Å². The van der Waals surface area contributed by atoms with Crippen molar-refractivity contribution in [3.05, 3.63) is 15.6 Å². The van der Waals surface area contributed by atoms with Crippen LogP contribution in [0.4, 0.5) is 0 Å². The van der Waals surface area contributed by atoms with Crippen LogP contribution in [0.1, 0.15) is 82.0 Å². The van der Waals surface area contributed by atoms with Crippen molar-refractivity contribution in [2.75, 3.05) is 6.61 Å². The summed E-state index contributed by atoms with van der Waals surface area (Å²) in [6, 6.07) is 0.507. The normalized spacial score (nSPS) is 17.5. The van der Waals surface area contributed by atoms with E-state index < -0.39 is 0 Å². The van der Waals surface area contributed by atoms with Crippen LogP contribution in [0.2, 0.25) is 0 Å². The van der Waals surface area contributed by atoms with E-state index in [9.17, 15) is 0 Å². The predicted octanol–water partition coefficient (Wildman–Crippen LogP) is 4.64. The summed E-state index contributed by atoms with van der Waals surface area (Å²) in [6.07, 6.45) is 2.69. The molecule has 2 rings (SSSR count). The molecule has 1 heterocycles. The maximum atomic E-state index is 6.01. The Morgan fingerprint density at radius 3 is 2.48 bits per heavy atom. The van der Waals surface area contributed by atoms with Crippen molar-refractivity contribution < 1.29 is 4.74 Å². The number of nitrogens with one attached hydrogen (secondary N) is 1. The standard InChI is InChI=1S/C17H30N2OS/c1-7-20-15(17(4,5)6)16-19-14(12-8-9-12)13(21-16)10-18-11(2)3/h11-12,15,18H,7-10H2,1-6H3. The minimum atomic E-state index is 0.0808. The van der Waals surface area contributed by atoms with Gasteiger partial charge in [-0.25, -0.2) is 4.98 Å². The molecule has 1 N–H and O–H groups in total. The molecule has 0 aromatic carbocycles. The molecule has 21 heavy (non-hydrogen) atoms. The fraction of sp³-hybridized carbons (Fsp3) is 0.824. The number of rotatable bonds is 7. The highest BCUT2D eigenvalue weighted by Crippen LogP contribution is 2.46. The van der Waals surface area contributed by atoms with Crippen LogP contribution in [0, 0.1) is 5.41 Å². The summed E-state index contributed by atoms with van der Waals surface area (Å²) in [5.74, 6) is 0.696. The van der Waals surface area contributed by atoms with Gasteiger partial charge in [-0.2, -0.15) is 0 Å². The van der Waals surface area contributed by atoms with Crippen LogP contribution in [0.3, 0.4) is 0 Å². The summed E-state index contributed by atoms with van der Waals surface area (Å²) < 4.78 is 6.01. The minimum absolute atomic E-state index is 0.0808. The summed E-state index contributed by atoms with van der Waals surface area (Å²) in [5.41, 5.74) is 1.41. The number of nitrogens with zero attached hydrogens (tertiary/aromatic N) is 1. The lowest BCUT2D eigenvalue weighted by atomic mass is 9.89. The molecule has 1 aliphatic carbocycles. The smallest absolute Gasteiger partial charge is 0.123 e. The number of thiazole rings is 1. The average Bonchev–Trinajstić information content (AvgIpc) is 3.13. The molecule has 1 aromatic heterocycles. The van der Waals surface area contributed by atoms with Crippen molar-refractivity contribution in [1.29, 1.82) is 0 Å². The Morgan fingerprint density at radius 1 is 1.33 bits per heavy atom. The van der Waals surface area contributed by atoms with Crippen molar-refractivity contribution >= 4 is 11.3 Å². The molecule has 4 heteroatoms. The number of aromatic nitrogens is 1. The quantitative estimate of drug-likeness (QED) is 0.796. The van der Waals surface area contributed by atoms with Gasteiger partial charge < -0.3 is 10.1 Å². The highest BCUT2D eigenvalue weighted by molar-refractivity contribution is 7.11. The Morgan fingerprint density at radius 2 is 2.00 bits per heavy atom. The van der Waals surface area contributed by atoms with Gasteiger partial charge in [0.2, 0.25) is 0 Å². The van der Waals surface area contributed by atoms with E-state index >= 15 is 0 Å². The summed E-state index contributed by atoms with van der Waals surface area (Å²) in [4.78, 5) is 6.40. The Labute approximate surface area is 133 Å². The Bertz CT molecular complexity index is 458. The lowest BCUT2D eigenvalue weighted by Gasteiger charge is -2.28. The van der Waals surface area contributed by atoms with E-state index in [1.807, 2.05) is 11.3 Å². The third-order valence-electron chi connectivity index (χ3n) is 3.72. The first kappa shape index (κ1) is 16.9. The molecule has 1 fully saturated rings. The van der Waals surface area contributed by atoms with Crippen LogP contribution in [0.15, 0.2) is 0 Å². The van der Waals surface area contributed by atoms with Crippen molar-refractivity contribution in [1.82, 2.24) is 10.3 Å². The molecule has 1 unspecified atom stereocenters. The Kier molecular flexibility index (Phi) is 5.44. The molecule has 0 bridgehead atoms. The van der Waals surface area contributed by atoms with Gasteiger partial charge in [-0.1, -0.05) is 34.6 Å². The first-order valence-electron chi connectivity index (χ1n) is 8.17. The van der Waals surface area contributed by atoms with Gasteiger partial charge in [0.1, 0.15) is 11.1 Å². The molecule has 120 valence electrons. The van der Waals surface area contributed by atoms with Gasteiger partial charge in [0, 0.05) is 30.0 Å². The number of hydrogen-bond donors (Lipinski definition) is 1. The van der Waals surface area contributed by atoms with E-state index in [0.717, 1.165) is 18.2 Å². The summed E-state index contributed by atoms with van der Waals surface area (Å²) in [7, 11) is 0. The van der Waals surface area contributed by atoms with Gasteiger partial charge >= 0.3 is 0 Å². The third kappa shape index (κ3) is 4.51. The number of ether oxygens (including phenoxy) is 1. The van der Waals surface area contributed by atoms with Gasteiger partial charge in [0.25, 0.3) is 0 Å². The molecule has 3 nitrogen and oxygen atoms in total. The topological polar surface area (TPSA) is 34.1 Å². The maximum absolute atomic E-state index is 6.01. The van der Waals surface area contributed by atoms with Crippen LogP contribution >= 0.6 is 11.3 Å². The first-order valence-corrected chi connectivity index (χ1v) is 8.99. The van der Waals surface area contributed by atoms with E-state index in [0.29, 0.717) is 12.0 Å². The molecule has 1 aliphatic rings. The van der Waals surface area contributed by atoms with Gasteiger partial charge in [-0.15, -0.1) is 11.3 Å². The molecule has 1 atom stereocenters. The van der Waals surface area contributed by atoms with E-state index in [2.05, 4.69) is 46.9 Å². The van der Waals surface area contributed by atoms with Gasteiger partial charge in [0.15, 0.2) is 0 Å². The monoisotopic (exact) mass is 310 g/mol. The van der Waals surface area contributed by atoms with E-state index in [1.54, 1.807) is 0 Å². The second-order valence-electron chi connectivity index (χ2n) is 7.37. The van der Waals surface area contributed by atoms with Crippen molar-refractivity contribution in [3.63, 3.8) is 0 Å². The molecule has 0 aliphatic heterocycles. The first-order chi connectivity index (χ1) is 9.82. The zero-order valence-electron chi connectivity index (χ0n) is 14.3. The molecular weight excluding hydrogens is 280 g/mol. The van der Waals surface area contributed by atoms with Crippen LogP contribution in [-0.4, -0.2) is 17.6 Å². The van der Waals surface area contributed by atoms with Crippen molar-refractivity contribution in [2.24, 2.45) is 5.41 Å². The lowest BCUT2D eigenvalue weighted by molar-refractivity contribution is -0.0134. The largest absolute Gasteiger partial charge is 0.371 e. The Balaban J connectivity index is 2.24. The zero-order valence-corrected chi connectivity index (χ0v) is 15.1. The molecular formula is C17H30N2OS. The van der Waals surface area contributed by atoms with Crippen LogP contribution in [0.5, 0.6) is 0 Å². The SMILES string of the molecule is CCOC(c1nc(C2CC2)c(CNC(C)C)s1)C(C)(C)C. The lowest BCUT2D eigenvalue weighted by Crippen LogP contribution is -2.21. The summed E-state index contributed by atoms with van der Waals surface area (Å²) in [5, 5.41) is 4.70. The summed E-state index contributed by atoms with van der Waals surface area (Å²) in [6.45, 7) is 14.8. The second kappa shape index (κ2) is 6.76. The molecule has 0 spiro atoms. The number of hydrogen-bond acceptors (Lipinski definition) is 4. The maximum Gasteiger partial charge on any atom is 0.123 e. The summed E-state index contributed by atoms with van der Waals surface area (Å²) >= 11 is 1.85. The Hall–Kier alpha value is -0.450. The average molecular weight is 311 g/mol. The molecule has 1 saturated carbocycles. The molecule has 0 saturated heterocycles.